The van der Waals surface area contributed by atoms with Gasteiger partial charge in [0.25, 0.3) is 0 Å². The molecular formula is C33H56ClN5O2. The molecular weight excluding hydrogens is 534 g/mol. The Bertz CT molecular complexity index is 921. The van der Waals surface area contributed by atoms with Crippen molar-refractivity contribution in [1.82, 2.24) is 4.90 Å². The summed E-state index contributed by atoms with van der Waals surface area (Å²) in [6.45, 7) is 10.6. The van der Waals surface area contributed by atoms with E-state index in [2.05, 4.69) is 17.5 Å². The van der Waals surface area contributed by atoms with Crippen LogP contribution in [0, 0.1) is 24.2 Å². The summed E-state index contributed by atoms with van der Waals surface area (Å²) >= 11 is 6.12. The molecule has 1 aliphatic heterocycles. The molecule has 1 aromatic rings. The SMILES string of the molecule is C=C(C[C@@H](N)CCCN)CN1CCC(CCCCCCO)CC1.Cc1c(OC2CCC(N)CC2)ccc(C#N)c1Cl. The minimum absolute atomic E-state index is 0.215. The Hall–Kier alpha value is -1.66. The van der Waals surface area contributed by atoms with Crippen LogP contribution in [0.15, 0.2) is 24.3 Å². The van der Waals surface area contributed by atoms with Crippen molar-refractivity contribution >= 4 is 11.6 Å². The van der Waals surface area contributed by atoms with E-state index in [1.807, 2.05) is 13.0 Å². The van der Waals surface area contributed by atoms with Crippen molar-refractivity contribution in [1.29, 1.82) is 5.26 Å². The number of piperidine rings is 1. The molecule has 0 unspecified atom stereocenters. The van der Waals surface area contributed by atoms with Gasteiger partial charge in [0.1, 0.15) is 11.8 Å². The maximum absolute atomic E-state index is 8.90. The molecule has 0 radical (unpaired) electrons. The Morgan fingerprint density at radius 1 is 1.12 bits per heavy atom. The van der Waals surface area contributed by atoms with Crippen LogP contribution < -0.4 is 21.9 Å². The lowest BCUT2D eigenvalue weighted by Crippen LogP contribution is -2.35. The number of hydrogen-bond acceptors (Lipinski definition) is 7. The maximum atomic E-state index is 8.90. The molecule has 0 amide bonds. The molecule has 2 fully saturated rings. The number of nitrogens with zero attached hydrogens (tertiary/aromatic N) is 2. The van der Waals surface area contributed by atoms with Crippen LogP contribution in [-0.4, -0.2) is 61.0 Å². The summed E-state index contributed by atoms with van der Waals surface area (Å²) in [5, 5.41) is 18.2. The van der Waals surface area contributed by atoms with Gasteiger partial charge in [0.15, 0.2) is 0 Å². The lowest BCUT2D eigenvalue weighted by atomic mass is 9.90. The molecule has 3 rings (SSSR count). The van der Waals surface area contributed by atoms with Crippen molar-refractivity contribution in [2.45, 2.75) is 115 Å². The van der Waals surface area contributed by atoms with Crippen molar-refractivity contribution in [3.8, 4) is 11.8 Å². The van der Waals surface area contributed by atoms with Crippen LogP contribution in [0.25, 0.3) is 0 Å². The average Bonchev–Trinajstić information content (AvgIpc) is 2.96. The van der Waals surface area contributed by atoms with Crippen molar-refractivity contribution < 1.29 is 9.84 Å². The third-order valence-electron chi connectivity index (χ3n) is 8.47. The van der Waals surface area contributed by atoms with Crippen molar-refractivity contribution in [2.75, 3.05) is 32.8 Å². The molecule has 1 aliphatic carbocycles. The highest BCUT2D eigenvalue weighted by Crippen LogP contribution is 2.31. The summed E-state index contributed by atoms with van der Waals surface area (Å²) in [6.07, 6.45) is 15.9. The first-order chi connectivity index (χ1) is 19.8. The zero-order valence-corrected chi connectivity index (χ0v) is 26.2. The maximum Gasteiger partial charge on any atom is 0.124 e. The average molecular weight is 590 g/mol. The molecule has 8 heteroatoms. The van der Waals surface area contributed by atoms with Gasteiger partial charge >= 0.3 is 0 Å². The van der Waals surface area contributed by atoms with E-state index in [9.17, 15) is 0 Å². The molecule has 1 aromatic carbocycles. The summed E-state index contributed by atoms with van der Waals surface area (Å²) in [5.41, 5.74) is 20.1. The quantitative estimate of drug-likeness (QED) is 0.149. The Kier molecular flexibility index (Phi) is 17.6. The smallest absolute Gasteiger partial charge is 0.124 e. The number of nitriles is 1. The fourth-order valence-electron chi connectivity index (χ4n) is 5.83. The molecule has 0 aromatic heterocycles. The summed E-state index contributed by atoms with van der Waals surface area (Å²) in [7, 11) is 0. The van der Waals surface area contributed by atoms with Gasteiger partial charge in [-0.15, -0.1) is 0 Å². The van der Waals surface area contributed by atoms with Gasteiger partial charge in [-0.1, -0.05) is 49.4 Å². The third kappa shape index (κ3) is 13.9. The van der Waals surface area contributed by atoms with Crippen LogP contribution in [0.3, 0.4) is 0 Å². The minimum atomic E-state index is 0.215. The molecule has 232 valence electrons. The molecule has 41 heavy (non-hydrogen) atoms. The van der Waals surface area contributed by atoms with Crippen LogP contribution in [0.2, 0.25) is 5.02 Å². The van der Waals surface area contributed by atoms with Crippen LogP contribution in [0.1, 0.15) is 101 Å². The Balaban J connectivity index is 0.000000295. The molecule has 1 saturated heterocycles. The molecule has 0 bridgehead atoms. The first-order valence-electron chi connectivity index (χ1n) is 15.8. The van der Waals surface area contributed by atoms with Gasteiger partial charge in [0, 0.05) is 30.8 Å². The molecule has 2 aliphatic rings. The van der Waals surface area contributed by atoms with Gasteiger partial charge in [0.05, 0.1) is 16.7 Å². The monoisotopic (exact) mass is 589 g/mol. The number of rotatable bonds is 15. The van der Waals surface area contributed by atoms with Crippen LogP contribution in [0.4, 0.5) is 0 Å². The summed E-state index contributed by atoms with van der Waals surface area (Å²) in [5.74, 6) is 1.68. The van der Waals surface area contributed by atoms with Crippen molar-refractivity contribution in [3.63, 3.8) is 0 Å². The number of aliphatic hydroxyl groups is 1. The number of ether oxygens (including phenoxy) is 1. The molecule has 1 saturated carbocycles. The van der Waals surface area contributed by atoms with E-state index in [0.29, 0.717) is 23.2 Å². The second-order valence-electron chi connectivity index (χ2n) is 12.1. The van der Waals surface area contributed by atoms with E-state index in [-0.39, 0.29) is 12.1 Å². The van der Waals surface area contributed by atoms with Crippen LogP contribution in [0.5, 0.6) is 5.75 Å². The number of halogens is 1. The standard InChI is InChI=1S/C19H39N3O.C14H17ClN2O/c1-17(15-19(21)8-6-11-20)16-22-12-9-18(10-13-22)7-4-2-3-5-14-23;1-9-13(7-2-10(8-16)14(9)15)18-12-5-3-11(17)4-6-12/h18-19,23H,1-16,20-21H2;2,7,11-12H,3-6,17H2,1H3/t19-;/m0./s1. The molecule has 1 heterocycles. The Morgan fingerprint density at radius 2 is 1.80 bits per heavy atom. The number of benzene rings is 1. The highest BCUT2D eigenvalue weighted by molar-refractivity contribution is 6.32. The number of unbranched alkanes of at least 4 members (excludes halogenated alkanes) is 3. The minimum Gasteiger partial charge on any atom is -0.490 e. The molecule has 1 atom stereocenters. The number of nitrogens with two attached hydrogens (primary N) is 3. The largest absolute Gasteiger partial charge is 0.490 e. The summed E-state index contributed by atoms with van der Waals surface area (Å²) < 4.78 is 5.97. The highest BCUT2D eigenvalue weighted by Gasteiger charge is 2.21. The van der Waals surface area contributed by atoms with Gasteiger partial charge in [-0.05, 0) is 109 Å². The van der Waals surface area contributed by atoms with E-state index in [0.717, 1.165) is 81.7 Å². The van der Waals surface area contributed by atoms with Gasteiger partial charge in [-0.2, -0.15) is 5.26 Å². The highest BCUT2D eigenvalue weighted by atomic mass is 35.5. The van der Waals surface area contributed by atoms with E-state index >= 15 is 0 Å². The predicted octanol–water partition coefficient (Wildman–Crippen LogP) is 5.82. The molecule has 0 spiro atoms. The third-order valence-corrected chi connectivity index (χ3v) is 8.96. The van der Waals surface area contributed by atoms with Crippen LogP contribution >= 0.6 is 11.6 Å². The lowest BCUT2D eigenvalue weighted by molar-refractivity contribution is 0.146. The van der Waals surface area contributed by atoms with E-state index in [4.69, 9.17) is 43.9 Å². The van der Waals surface area contributed by atoms with Crippen molar-refractivity contribution in [2.24, 2.45) is 23.1 Å². The first kappa shape index (κ1) is 35.5. The number of likely N-dealkylation sites (tertiary alicyclic amines) is 1. The predicted molar refractivity (Wildman–Crippen MR) is 171 cm³/mol. The van der Waals surface area contributed by atoms with Gasteiger partial charge in [-0.25, -0.2) is 0 Å². The van der Waals surface area contributed by atoms with Gasteiger partial charge in [0.2, 0.25) is 0 Å². The first-order valence-corrected chi connectivity index (χ1v) is 16.2. The second kappa shape index (κ2) is 20.3. The van der Waals surface area contributed by atoms with Gasteiger partial charge < -0.3 is 27.0 Å². The second-order valence-corrected chi connectivity index (χ2v) is 12.5. The van der Waals surface area contributed by atoms with E-state index < -0.39 is 0 Å². The lowest BCUT2D eigenvalue weighted by Gasteiger charge is -2.32. The van der Waals surface area contributed by atoms with E-state index in [1.165, 1.54) is 57.2 Å². The van der Waals surface area contributed by atoms with E-state index in [1.54, 1.807) is 6.07 Å². The van der Waals surface area contributed by atoms with Gasteiger partial charge in [-0.3, -0.25) is 4.90 Å². The Morgan fingerprint density at radius 3 is 2.44 bits per heavy atom. The number of aliphatic hydroxyl groups excluding tert-OH is 1. The molecule has 7 nitrogen and oxygen atoms in total. The molecule has 7 N–H and O–H groups in total. The fourth-order valence-corrected chi connectivity index (χ4v) is 6.03. The normalized spacial score (nSPS) is 20.5. The zero-order valence-electron chi connectivity index (χ0n) is 25.5. The summed E-state index contributed by atoms with van der Waals surface area (Å²) in [6, 6.07) is 6.14. The summed E-state index contributed by atoms with van der Waals surface area (Å²) in [4.78, 5) is 2.54. The fraction of sp³-hybridized carbons (Fsp3) is 0.727. The topological polar surface area (TPSA) is 135 Å². The zero-order chi connectivity index (χ0) is 30.0. The Labute approximate surface area is 254 Å². The van der Waals surface area contributed by atoms with Crippen LogP contribution in [-0.2, 0) is 0 Å². The number of hydrogen-bond donors (Lipinski definition) is 4. The van der Waals surface area contributed by atoms with Crippen molar-refractivity contribution in [3.05, 3.63) is 40.4 Å².